The van der Waals surface area contributed by atoms with Crippen molar-refractivity contribution in [3.05, 3.63) is 29.8 Å². The Labute approximate surface area is 94.7 Å². The molecule has 0 spiro atoms. The van der Waals surface area contributed by atoms with Crippen LogP contribution in [0.1, 0.15) is 5.56 Å². The smallest absolute Gasteiger partial charge is 0.338 e. The summed E-state index contributed by atoms with van der Waals surface area (Å²) in [6.07, 6.45) is 0.709. The first kappa shape index (κ1) is 12.3. The monoisotopic (exact) mass is 224 g/mol. The van der Waals surface area contributed by atoms with E-state index in [4.69, 9.17) is 4.74 Å². The van der Waals surface area contributed by atoms with Gasteiger partial charge in [0.05, 0.1) is 14.2 Å². The van der Waals surface area contributed by atoms with Crippen LogP contribution in [-0.4, -0.2) is 26.8 Å². The summed E-state index contributed by atoms with van der Waals surface area (Å²) in [6, 6.07) is 7.36. The minimum atomic E-state index is -0.350. The highest BCUT2D eigenvalue weighted by Crippen LogP contribution is 2.16. The molecule has 5 nitrogen and oxygen atoms in total. The van der Waals surface area contributed by atoms with Crippen LogP contribution in [0.25, 0.3) is 0 Å². The van der Waals surface area contributed by atoms with Gasteiger partial charge in [-0.05, 0) is 18.1 Å². The van der Waals surface area contributed by atoms with Crippen LogP contribution >= 0.6 is 0 Å². The van der Waals surface area contributed by atoms with Gasteiger partial charge < -0.3 is 10.1 Å². The Balaban J connectivity index is 2.39. The second kappa shape index (κ2) is 6.68. The number of carbonyl (C=O) groups is 1. The van der Waals surface area contributed by atoms with Crippen molar-refractivity contribution in [2.75, 3.05) is 20.8 Å². The van der Waals surface area contributed by atoms with Crippen molar-refractivity contribution in [3.63, 3.8) is 0 Å². The van der Waals surface area contributed by atoms with Crippen LogP contribution in [0.3, 0.4) is 0 Å². The van der Waals surface area contributed by atoms with Gasteiger partial charge >= 0.3 is 6.03 Å². The fraction of sp³-hybridized carbons (Fsp3) is 0.364. The van der Waals surface area contributed by atoms with Crippen molar-refractivity contribution in [1.82, 2.24) is 10.8 Å². The third kappa shape index (κ3) is 3.78. The molecule has 0 bridgehead atoms. The molecule has 0 saturated carbocycles. The summed E-state index contributed by atoms with van der Waals surface area (Å²) in [6.45, 7) is 0.523. The lowest BCUT2D eigenvalue weighted by Crippen LogP contribution is -2.35. The first-order valence-corrected chi connectivity index (χ1v) is 4.96. The van der Waals surface area contributed by atoms with E-state index >= 15 is 0 Å². The first-order valence-electron chi connectivity index (χ1n) is 4.96. The number of hydroxylamine groups is 1. The Hall–Kier alpha value is -1.75. The number of benzene rings is 1. The molecule has 88 valence electrons. The number of ether oxygens (including phenoxy) is 1. The number of para-hydroxylation sites is 1. The highest BCUT2D eigenvalue weighted by molar-refractivity contribution is 5.72. The van der Waals surface area contributed by atoms with Gasteiger partial charge in [0.25, 0.3) is 0 Å². The van der Waals surface area contributed by atoms with Gasteiger partial charge in [-0.25, -0.2) is 10.3 Å². The molecule has 1 aromatic carbocycles. The van der Waals surface area contributed by atoms with Crippen molar-refractivity contribution < 1.29 is 14.4 Å². The molecule has 2 amide bonds. The molecular weight excluding hydrogens is 208 g/mol. The number of amides is 2. The molecule has 16 heavy (non-hydrogen) atoms. The van der Waals surface area contributed by atoms with E-state index in [1.807, 2.05) is 24.3 Å². The Bertz CT molecular complexity index is 342. The maximum Gasteiger partial charge on any atom is 0.338 e. The third-order valence-corrected chi connectivity index (χ3v) is 2.07. The predicted octanol–water partition coefficient (Wildman–Crippen LogP) is 1.10. The zero-order valence-electron chi connectivity index (χ0n) is 9.45. The van der Waals surface area contributed by atoms with Gasteiger partial charge in [-0.15, -0.1) is 0 Å². The molecule has 0 aromatic heterocycles. The Kier molecular flexibility index (Phi) is 5.15. The highest BCUT2D eigenvalue weighted by Gasteiger charge is 2.02. The van der Waals surface area contributed by atoms with Gasteiger partial charge in [-0.2, -0.15) is 0 Å². The van der Waals surface area contributed by atoms with E-state index in [0.717, 1.165) is 11.3 Å². The molecule has 0 aliphatic heterocycles. The number of carbonyl (C=O) groups excluding carboxylic acids is 1. The zero-order chi connectivity index (χ0) is 11.8. The van der Waals surface area contributed by atoms with Gasteiger partial charge in [0, 0.05) is 6.54 Å². The predicted molar refractivity (Wildman–Crippen MR) is 60.2 cm³/mol. The lowest BCUT2D eigenvalue weighted by molar-refractivity contribution is 0.107. The topological polar surface area (TPSA) is 59.6 Å². The zero-order valence-corrected chi connectivity index (χ0v) is 9.45. The average molecular weight is 224 g/mol. The van der Waals surface area contributed by atoms with Crippen molar-refractivity contribution in [2.24, 2.45) is 0 Å². The lowest BCUT2D eigenvalue weighted by atomic mass is 10.1. The molecule has 0 aliphatic rings. The Morgan fingerprint density at radius 1 is 1.31 bits per heavy atom. The van der Waals surface area contributed by atoms with Crippen LogP contribution in [0.5, 0.6) is 5.75 Å². The summed E-state index contributed by atoms with van der Waals surface area (Å²) in [5.74, 6) is 0.830. The van der Waals surface area contributed by atoms with Crippen LogP contribution in [0.15, 0.2) is 24.3 Å². The van der Waals surface area contributed by atoms with Crippen molar-refractivity contribution in [3.8, 4) is 5.75 Å². The average Bonchev–Trinajstić information content (AvgIpc) is 2.30. The van der Waals surface area contributed by atoms with Crippen LogP contribution in [0, 0.1) is 0 Å². The van der Waals surface area contributed by atoms with E-state index in [9.17, 15) is 4.79 Å². The minimum absolute atomic E-state index is 0.350. The van der Waals surface area contributed by atoms with Crippen LogP contribution in [0.4, 0.5) is 4.79 Å². The maximum absolute atomic E-state index is 11.0. The molecular formula is C11H16N2O3. The molecule has 0 unspecified atom stereocenters. The van der Waals surface area contributed by atoms with Crippen molar-refractivity contribution in [2.45, 2.75) is 6.42 Å². The molecule has 1 rings (SSSR count). The maximum atomic E-state index is 11.0. The van der Waals surface area contributed by atoms with Gasteiger partial charge in [-0.1, -0.05) is 18.2 Å². The molecule has 0 atom stereocenters. The molecule has 2 N–H and O–H groups in total. The van der Waals surface area contributed by atoms with E-state index in [2.05, 4.69) is 15.6 Å². The fourth-order valence-corrected chi connectivity index (χ4v) is 1.35. The SMILES string of the molecule is CONC(=O)NCCc1ccccc1OC. The molecule has 0 radical (unpaired) electrons. The third-order valence-electron chi connectivity index (χ3n) is 2.07. The molecule has 0 heterocycles. The van der Waals surface area contributed by atoms with Crippen molar-refractivity contribution in [1.29, 1.82) is 0 Å². The Morgan fingerprint density at radius 3 is 2.75 bits per heavy atom. The number of nitrogens with one attached hydrogen (secondary N) is 2. The van der Waals surface area contributed by atoms with Crippen LogP contribution in [-0.2, 0) is 11.3 Å². The van der Waals surface area contributed by atoms with Crippen LogP contribution in [0.2, 0.25) is 0 Å². The summed E-state index contributed by atoms with van der Waals surface area (Å²) >= 11 is 0. The van der Waals surface area contributed by atoms with E-state index in [-0.39, 0.29) is 6.03 Å². The summed E-state index contributed by atoms with van der Waals surface area (Å²) in [4.78, 5) is 15.5. The van der Waals surface area contributed by atoms with Gasteiger partial charge in [0.2, 0.25) is 0 Å². The van der Waals surface area contributed by atoms with E-state index < -0.39 is 0 Å². The molecule has 0 saturated heterocycles. The molecule has 5 heteroatoms. The molecule has 0 aliphatic carbocycles. The number of hydrogen-bond acceptors (Lipinski definition) is 3. The van der Waals surface area contributed by atoms with E-state index in [0.29, 0.717) is 13.0 Å². The van der Waals surface area contributed by atoms with E-state index in [1.54, 1.807) is 7.11 Å². The molecule has 0 fully saturated rings. The lowest BCUT2D eigenvalue weighted by Gasteiger charge is -2.09. The quantitative estimate of drug-likeness (QED) is 0.736. The first-order chi connectivity index (χ1) is 7.77. The van der Waals surface area contributed by atoms with Gasteiger partial charge in [-0.3, -0.25) is 4.84 Å². The number of urea groups is 1. The standard InChI is InChI=1S/C11H16N2O3/c1-15-10-6-4-3-5-9(10)7-8-12-11(14)13-16-2/h3-6H,7-8H2,1-2H3,(H2,12,13,14). The summed E-state index contributed by atoms with van der Waals surface area (Å²) in [7, 11) is 3.02. The molecule has 1 aromatic rings. The van der Waals surface area contributed by atoms with E-state index in [1.165, 1.54) is 7.11 Å². The number of hydrogen-bond donors (Lipinski definition) is 2. The summed E-state index contributed by atoms with van der Waals surface area (Å²) < 4.78 is 5.20. The largest absolute Gasteiger partial charge is 0.496 e. The van der Waals surface area contributed by atoms with Gasteiger partial charge in [0.15, 0.2) is 0 Å². The second-order valence-electron chi connectivity index (χ2n) is 3.12. The minimum Gasteiger partial charge on any atom is -0.496 e. The fourth-order valence-electron chi connectivity index (χ4n) is 1.35. The summed E-state index contributed by atoms with van der Waals surface area (Å²) in [5.41, 5.74) is 3.24. The van der Waals surface area contributed by atoms with Crippen molar-refractivity contribution >= 4 is 6.03 Å². The summed E-state index contributed by atoms with van der Waals surface area (Å²) in [5, 5.41) is 2.65. The van der Waals surface area contributed by atoms with Crippen LogP contribution < -0.4 is 15.5 Å². The highest BCUT2D eigenvalue weighted by atomic mass is 16.6. The second-order valence-corrected chi connectivity index (χ2v) is 3.12. The number of rotatable bonds is 5. The van der Waals surface area contributed by atoms with Gasteiger partial charge in [0.1, 0.15) is 5.75 Å². The Morgan fingerprint density at radius 2 is 2.06 bits per heavy atom. The number of methoxy groups -OCH3 is 1. The normalized spacial score (nSPS) is 9.62.